The molecule has 4 amide bonds. The van der Waals surface area contributed by atoms with Crippen LogP contribution in [0.5, 0.6) is 0 Å². The number of hydrogen-bond acceptors (Lipinski definition) is 3. The minimum atomic E-state index is -1.05. The Morgan fingerprint density at radius 3 is 2.70 bits per heavy atom. The number of imide groups is 1. The number of fused-ring (bicyclic) bond motifs is 2. The van der Waals surface area contributed by atoms with Crippen LogP contribution >= 0.6 is 0 Å². The van der Waals surface area contributed by atoms with Crippen molar-refractivity contribution >= 4 is 17.8 Å². The quantitative estimate of drug-likeness (QED) is 0.767. The Hall–Kier alpha value is -3.15. The minimum Gasteiger partial charge on any atom is -0.348 e. The van der Waals surface area contributed by atoms with Gasteiger partial charge in [0, 0.05) is 0 Å². The van der Waals surface area contributed by atoms with Crippen molar-refractivity contribution in [3.05, 3.63) is 70.3 Å². The van der Waals surface area contributed by atoms with Crippen molar-refractivity contribution in [1.29, 1.82) is 0 Å². The highest BCUT2D eigenvalue weighted by molar-refractivity contribution is 6.09. The molecule has 1 fully saturated rings. The first-order chi connectivity index (χ1) is 14.3. The normalized spacial score (nSPS) is 21.4. The molecule has 0 aromatic heterocycles. The maximum absolute atomic E-state index is 13.3. The van der Waals surface area contributed by atoms with Crippen LogP contribution in [-0.4, -0.2) is 29.3 Å². The Labute approximate surface area is 176 Å². The molecule has 6 nitrogen and oxygen atoms in total. The van der Waals surface area contributed by atoms with Gasteiger partial charge in [0.1, 0.15) is 12.1 Å². The molecule has 0 radical (unpaired) electrons. The largest absolute Gasteiger partial charge is 0.348 e. The molecule has 1 spiro atoms. The highest BCUT2D eigenvalue weighted by atomic mass is 16.2. The number of hydrogen-bond donors (Lipinski definition) is 2. The zero-order valence-corrected chi connectivity index (χ0v) is 17.6. The molecular formula is C24H27N3O3. The van der Waals surface area contributed by atoms with Gasteiger partial charge in [0.05, 0.1) is 6.04 Å². The van der Waals surface area contributed by atoms with Crippen molar-refractivity contribution in [1.82, 2.24) is 15.5 Å². The van der Waals surface area contributed by atoms with Gasteiger partial charge in [0.25, 0.3) is 5.91 Å². The highest BCUT2D eigenvalue weighted by Crippen LogP contribution is 2.39. The Bertz CT molecular complexity index is 1030. The first-order valence-electron chi connectivity index (χ1n) is 10.4. The monoisotopic (exact) mass is 405 g/mol. The van der Waals surface area contributed by atoms with Gasteiger partial charge in [-0.25, -0.2) is 4.79 Å². The van der Waals surface area contributed by atoms with Crippen molar-refractivity contribution in [2.24, 2.45) is 0 Å². The molecule has 1 heterocycles. The van der Waals surface area contributed by atoms with Gasteiger partial charge in [-0.05, 0) is 67.9 Å². The van der Waals surface area contributed by atoms with Crippen molar-refractivity contribution in [3.63, 3.8) is 0 Å². The lowest BCUT2D eigenvalue weighted by atomic mass is 9.76. The van der Waals surface area contributed by atoms with Crippen LogP contribution in [0, 0.1) is 13.8 Å². The van der Waals surface area contributed by atoms with E-state index < -0.39 is 11.6 Å². The fourth-order valence-electron chi connectivity index (χ4n) is 4.50. The molecule has 2 aromatic rings. The highest BCUT2D eigenvalue weighted by Gasteiger charge is 2.54. The van der Waals surface area contributed by atoms with E-state index in [1.165, 1.54) is 5.56 Å². The fourth-order valence-corrected chi connectivity index (χ4v) is 4.50. The number of carbonyl (C=O) groups is 3. The summed E-state index contributed by atoms with van der Waals surface area (Å²) in [6, 6.07) is 13.0. The summed E-state index contributed by atoms with van der Waals surface area (Å²) in [6.45, 7) is 5.68. The van der Waals surface area contributed by atoms with Crippen LogP contribution in [0.2, 0.25) is 0 Å². The van der Waals surface area contributed by atoms with Crippen LogP contribution in [-0.2, 0) is 21.5 Å². The summed E-state index contributed by atoms with van der Waals surface area (Å²) >= 11 is 0. The van der Waals surface area contributed by atoms with Gasteiger partial charge < -0.3 is 10.6 Å². The van der Waals surface area contributed by atoms with Gasteiger partial charge in [-0.1, -0.05) is 42.5 Å². The number of nitrogens with zero attached hydrogens (tertiary/aromatic N) is 1. The molecule has 30 heavy (non-hydrogen) atoms. The molecule has 2 aromatic carbocycles. The number of nitrogens with one attached hydrogen (secondary N) is 2. The van der Waals surface area contributed by atoms with Gasteiger partial charge in [-0.15, -0.1) is 0 Å². The molecule has 0 saturated carbocycles. The van der Waals surface area contributed by atoms with E-state index in [0.29, 0.717) is 6.42 Å². The zero-order chi connectivity index (χ0) is 21.5. The average molecular weight is 405 g/mol. The summed E-state index contributed by atoms with van der Waals surface area (Å²) in [5, 5.41) is 5.80. The van der Waals surface area contributed by atoms with Crippen molar-refractivity contribution in [3.8, 4) is 0 Å². The minimum absolute atomic E-state index is 0.220. The molecule has 1 aliphatic carbocycles. The maximum atomic E-state index is 13.3. The third-order valence-corrected chi connectivity index (χ3v) is 6.36. The van der Waals surface area contributed by atoms with Gasteiger partial charge in [0.15, 0.2) is 0 Å². The second-order valence-corrected chi connectivity index (χ2v) is 8.37. The summed E-state index contributed by atoms with van der Waals surface area (Å²) in [7, 11) is 0. The lowest BCUT2D eigenvalue weighted by molar-refractivity contribution is -0.135. The average Bonchev–Trinajstić information content (AvgIpc) is 2.95. The predicted molar refractivity (Wildman–Crippen MR) is 114 cm³/mol. The molecule has 1 saturated heterocycles. The van der Waals surface area contributed by atoms with Crippen LogP contribution in [0.1, 0.15) is 53.6 Å². The number of urea groups is 1. The number of aryl methyl sites for hydroxylation is 3. The van der Waals surface area contributed by atoms with Gasteiger partial charge in [0.2, 0.25) is 5.91 Å². The summed E-state index contributed by atoms with van der Waals surface area (Å²) in [6.07, 6.45) is 2.24. The first kappa shape index (κ1) is 20.1. The molecule has 4 rings (SSSR count). The SMILES string of the molecule is Cc1ccc([C@H](C)NC(=O)CN2C(=O)N[C@@]3(CCCc4ccccc43)C2=O)cc1C. The Balaban J connectivity index is 1.49. The molecule has 2 aliphatic rings. The molecular weight excluding hydrogens is 378 g/mol. The zero-order valence-electron chi connectivity index (χ0n) is 17.6. The molecule has 6 heteroatoms. The molecule has 0 bridgehead atoms. The van der Waals surface area contributed by atoms with E-state index in [0.717, 1.165) is 40.0 Å². The molecule has 0 unspecified atom stereocenters. The van der Waals surface area contributed by atoms with Crippen LogP contribution in [0.3, 0.4) is 0 Å². The van der Waals surface area contributed by atoms with Crippen molar-refractivity contribution in [2.45, 2.75) is 51.6 Å². The lowest BCUT2D eigenvalue weighted by Crippen LogP contribution is -2.47. The van der Waals surface area contributed by atoms with Crippen LogP contribution in [0.4, 0.5) is 4.79 Å². The summed E-state index contributed by atoms with van der Waals surface area (Å²) < 4.78 is 0. The standard InChI is InChI=1S/C24H27N3O3/c1-15-10-11-19(13-16(15)2)17(3)25-21(28)14-27-22(29)24(26-23(27)30)12-6-8-18-7-4-5-9-20(18)24/h4-5,7,9-11,13,17H,6,8,12,14H2,1-3H3,(H,25,28)(H,26,30)/t17-,24+/m0/s1. The number of amides is 4. The van der Waals surface area contributed by atoms with Gasteiger partial charge >= 0.3 is 6.03 Å². The molecule has 2 atom stereocenters. The van der Waals surface area contributed by atoms with Crippen molar-refractivity contribution in [2.75, 3.05) is 6.54 Å². The van der Waals surface area contributed by atoms with E-state index in [1.54, 1.807) is 0 Å². The fraction of sp³-hybridized carbons (Fsp3) is 0.375. The maximum Gasteiger partial charge on any atom is 0.325 e. The van der Waals surface area contributed by atoms with E-state index in [-0.39, 0.29) is 24.4 Å². The number of carbonyl (C=O) groups excluding carboxylic acids is 3. The number of benzene rings is 2. The van der Waals surface area contributed by atoms with Crippen molar-refractivity contribution < 1.29 is 14.4 Å². The van der Waals surface area contributed by atoms with E-state index in [2.05, 4.69) is 10.6 Å². The number of rotatable bonds is 4. The van der Waals surface area contributed by atoms with Gasteiger partial charge in [-0.2, -0.15) is 0 Å². The third kappa shape index (κ3) is 3.36. The van der Waals surface area contributed by atoms with E-state index in [4.69, 9.17) is 0 Å². The predicted octanol–water partition coefficient (Wildman–Crippen LogP) is 3.26. The molecule has 1 aliphatic heterocycles. The second kappa shape index (κ2) is 7.59. The van der Waals surface area contributed by atoms with E-state index in [9.17, 15) is 14.4 Å². The van der Waals surface area contributed by atoms with Gasteiger partial charge in [-0.3, -0.25) is 14.5 Å². The lowest BCUT2D eigenvalue weighted by Gasteiger charge is -2.33. The summed E-state index contributed by atoms with van der Waals surface area (Å²) in [5.74, 6) is -0.695. The van der Waals surface area contributed by atoms with Crippen LogP contribution in [0.15, 0.2) is 42.5 Å². The summed E-state index contributed by atoms with van der Waals surface area (Å²) in [4.78, 5) is 39.7. The summed E-state index contributed by atoms with van der Waals surface area (Å²) in [5.41, 5.74) is 4.20. The van der Waals surface area contributed by atoms with E-state index in [1.807, 2.05) is 63.2 Å². The smallest absolute Gasteiger partial charge is 0.325 e. The van der Waals surface area contributed by atoms with Crippen LogP contribution < -0.4 is 10.6 Å². The Morgan fingerprint density at radius 1 is 1.17 bits per heavy atom. The topological polar surface area (TPSA) is 78.5 Å². The Morgan fingerprint density at radius 2 is 1.93 bits per heavy atom. The van der Waals surface area contributed by atoms with E-state index >= 15 is 0 Å². The third-order valence-electron chi connectivity index (χ3n) is 6.36. The molecule has 156 valence electrons. The molecule has 2 N–H and O–H groups in total. The second-order valence-electron chi connectivity index (χ2n) is 8.37. The Kier molecular flexibility index (Phi) is 5.10. The van der Waals surface area contributed by atoms with Crippen LogP contribution in [0.25, 0.3) is 0 Å². The first-order valence-corrected chi connectivity index (χ1v) is 10.4.